The number of hydrogen-bond acceptors (Lipinski definition) is 6. The maximum Gasteiger partial charge on any atom is 0.335 e. The Balaban J connectivity index is 2.24. The van der Waals surface area contributed by atoms with Gasteiger partial charge in [0.1, 0.15) is 0 Å². The van der Waals surface area contributed by atoms with Crippen LogP contribution in [0.25, 0.3) is 0 Å². The molecule has 0 aliphatic carbocycles. The maximum absolute atomic E-state index is 11.4. The van der Waals surface area contributed by atoms with E-state index in [-0.39, 0.29) is 12.1 Å². The predicted molar refractivity (Wildman–Crippen MR) is 66.1 cm³/mol. The molecular weight excluding hydrogens is 250 g/mol. The van der Waals surface area contributed by atoms with Gasteiger partial charge in [-0.25, -0.2) is 14.6 Å². The first kappa shape index (κ1) is 13.0. The molecular formula is C12H13N3O4. The molecule has 0 aromatic heterocycles. The summed E-state index contributed by atoms with van der Waals surface area (Å²) in [6.45, 7) is 2.08. The fraction of sp³-hybridized carbons (Fsp3) is 0.333. The number of carboxylic acids is 1. The minimum Gasteiger partial charge on any atom is -0.478 e. The van der Waals surface area contributed by atoms with E-state index in [1.54, 1.807) is 6.07 Å². The smallest absolute Gasteiger partial charge is 0.335 e. The van der Waals surface area contributed by atoms with Gasteiger partial charge >= 0.3 is 11.9 Å². The molecule has 0 bridgehead atoms. The summed E-state index contributed by atoms with van der Waals surface area (Å²) < 4.78 is 4.60. The number of esters is 1. The average molecular weight is 263 g/mol. The number of hydrogen-bond donors (Lipinski definition) is 1. The van der Waals surface area contributed by atoms with Gasteiger partial charge in [0, 0.05) is 0 Å². The molecule has 0 saturated carbocycles. The maximum atomic E-state index is 11.4. The molecule has 0 spiro atoms. The molecule has 0 fully saturated rings. The predicted octanol–water partition coefficient (Wildman–Crippen LogP) is 1.42. The molecule has 1 aromatic carbocycles. The number of anilines is 1. The lowest BCUT2D eigenvalue weighted by molar-refractivity contribution is -0.141. The minimum atomic E-state index is -1.01. The number of nitrogens with zero attached hydrogens (tertiary/aromatic N) is 3. The van der Waals surface area contributed by atoms with Crippen LogP contribution < -0.4 is 5.01 Å². The third-order valence-corrected chi connectivity index (χ3v) is 2.85. The summed E-state index contributed by atoms with van der Waals surface area (Å²) in [4.78, 5) is 22.3. The van der Waals surface area contributed by atoms with Crippen LogP contribution in [-0.2, 0) is 9.53 Å². The number of carboxylic acid groups (broad SMARTS) is 1. The summed E-state index contributed by atoms with van der Waals surface area (Å²) in [6.07, 6.45) is 0. The first-order valence-electron chi connectivity index (χ1n) is 5.63. The van der Waals surface area contributed by atoms with Gasteiger partial charge in [0.25, 0.3) is 0 Å². The number of methoxy groups -OCH3 is 1. The Morgan fingerprint density at radius 2 is 2.21 bits per heavy atom. The van der Waals surface area contributed by atoms with Crippen LogP contribution in [0.1, 0.15) is 15.9 Å². The fourth-order valence-corrected chi connectivity index (χ4v) is 1.79. The van der Waals surface area contributed by atoms with E-state index >= 15 is 0 Å². The highest BCUT2D eigenvalue weighted by Gasteiger charge is 2.28. The largest absolute Gasteiger partial charge is 0.478 e. The van der Waals surface area contributed by atoms with Crippen LogP contribution in [0.2, 0.25) is 0 Å². The third-order valence-electron chi connectivity index (χ3n) is 2.85. The molecule has 1 N–H and O–H groups in total. The number of carbonyl (C=O) groups excluding carboxylic acids is 1. The summed E-state index contributed by atoms with van der Waals surface area (Å²) in [5, 5.41) is 18.2. The van der Waals surface area contributed by atoms with Gasteiger partial charge in [0.05, 0.1) is 24.9 Å². The number of carbonyl (C=O) groups is 2. The van der Waals surface area contributed by atoms with Gasteiger partial charge in [-0.05, 0) is 24.6 Å². The average Bonchev–Trinajstić information content (AvgIpc) is 2.87. The lowest BCUT2D eigenvalue weighted by Crippen LogP contribution is -2.28. The van der Waals surface area contributed by atoms with Crippen LogP contribution in [-0.4, -0.2) is 36.7 Å². The molecule has 0 amide bonds. The van der Waals surface area contributed by atoms with Crippen LogP contribution in [0.5, 0.6) is 0 Å². The molecule has 2 rings (SSSR count). The second-order valence-corrected chi connectivity index (χ2v) is 4.13. The van der Waals surface area contributed by atoms with Crippen LogP contribution in [0.4, 0.5) is 5.69 Å². The van der Waals surface area contributed by atoms with Gasteiger partial charge in [-0.1, -0.05) is 11.3 Å². The highest BCUT2D eigenvalue weighted by molar-refractivity contribution is 5.89. The Kier molecular flexibility index (Phi) is 3.46. The highest BCUT2D eigenvalue weighted by atomic mass is 16.5. The highest BCUT2D eigenvalue weighted by Crippen LogP contribution is 2.26. The van der Waals surface area contributed by atoms with Crippen molar-refractivity contribution in [1.82, 2.24) is 0 Å². The van der Waals surface area contributed by atoms with Crippen molar-refractivity contribution >= 4 is 17.6 Å². The van der Waals surface area contributed by atoms with E-state index in [1.807, 2.05) is 6.92 Å². The zero-order chi connectivity index (χ0) is 14.0. The number of benzene rings is 1. The molecule has 7 nitrogen and oxygen atoms in total. The molecule has 1 aliphatic heterocycles. The van der Waals surface area contributed by atoms with Gasteiger partial charge in [-0.3, -0.25) is 0 Å². The van der Waals surface area contributed by atoms with Crippen molar-refractivity contribution in [3.8, 4) is 0 Å². The monoisotopic (exact) mass is 263 g/mol. The minimum absolute atomic E-state index is 0.164. The van der Waals surface area contributed by atoms with Gasteiger partial charge in [-0.15, -0.1) is 0 Å². The normalized spacial score (nSPS) is 17.6. The Bertz CT molecular complexity index is 556. The molecule has 1 atom stereocenters. The molecule has 1 heterocycles. The molecule has 100 valence electrons. The van der Waals surface area contributed by atoms with Gasteiger partial charge in [0.15, 0.2) is 6.04 Å². The van der Waals surface area contributed by atoms with Crippen molar-refractivity contribution in [3.05, 3.63) is 29.3 Å². The Labute approximate surface area is 109 Å². The van der Waals surface area contributed by atoms with Gasteiger partial charge in [-0.2, -0.15) is 5.11 Å². The van der Waals surface area contributed by atoms with Crippen molar-refractivity contribution in [2.24, 2.45) is 10.3 Å². The van der Waals surface area contributed by atoms with Gasteiger partial charge in [0.2, 0.25) is 0 Å². The topological polar surface area (TPSA) is 91.6 Å². The summed E-state index contributed by atoms with van der Waals surface area (Å²) in [5.74, 6) is -1.47. The van der Waals surface area contributed by atoms with E-state index in [0.29, 0.717) is 5.69 Å². The van der Waals surface area contributed by atoms with Crippen LogP contribution >= 0.6 is 0 Å². The first-order valence-corrected chi connectivity index (χ1v) is 5.63. The standard InChI is InChI=1S/C12H13N3O4/c1-7-3-4-8(11(16)17)5-10(7)15-6-9(13-14-15)12(18)19-2/h3-5,9H,6H2,1-2H3,(H,16,17). The lowest BCUT2D eigenvalue weighted by atomic mass is 10.1. The molecule has 0 saturated heterocycles. The Morgan fingerprint density at radius 1 is 1.47 bits per heavy atom. The molecule has 0 radical (unpaired) electrons. The van der Waals surface area contributed by atoms with Crippen LogP contribution in [0.15, 0.2) is 28.5 Å². The SMILES string of the molecule is COC(=O)C1CN(c2cc(C(=O)O)ccc2C)N=N1. The van der Waals surface area contributed by atoms with Crippen molar-refractivity contribution in [2.45, 2.75) is 13.0 Å². The van der Waals surface area contributed by atoms with E-state index in [1.165, 1.54) is 24.3 Å². The Morgan fingerprint density at radius 3 is 2.84 bits per heavy atom. The van der Waals surface area contributed by atoms with E-state index < -0.39 is 18.0 Å². The summed E-state index contributed by atoms with van der Waals surface area (Å²) in [6, 6.07) is 4.06. The zero-order valence-electron chi connectivity index (χ0n) is 10.5. The third kappa shape index (κ3) is 2.54. The fourth-order valence-electron chi connectivity index (χ4n) is 1.79. The lowest BCUT2D eigenvalue weighted by Gasteiger charge is -2.16. The second kappa shape index (κ2) is 5.05. The van der Waals surface area contributed by atoms with Crippen LogP contribution in [0, 0.1) is 6.92 Å². The number of aryl methyl sites for hydroxylation is 1. The van der Waals surface area contributed by atoms with Crippen molar-refractivity contribution in [2.75, 3.05) is 18.7 Å². The van der Waals surface area contributed by atoms with E-state index in [4.69, 9.17) is 5.11 Å². The zero-order valence-corrected chi connectivity index (χ0v) is 10.5. The molecule has 1 aromatic rings. The second-order valence-electron chi connectivity index (χ2n) is 4.13. The van der Waals surface area contributed by atoms with Crippen molar-refractivity contribution in [1.29, 1.82) is 0 Å². The molecule has 19 heavy (non-hydrogen) atoms. The number of aromatic carboxylic acids is 1. The molecule has 1 aliphatic rings. The molecule has 7 heteroatoms. The van der Waals surface area contributed by atoms with E-state index in [2.05, 4.69) is 15.1 Å². The number of ether oxygens (including phenoxy) is 1. The number of rotatable bonds is 3. The summed E-state index contributed by atoms with van der Waals surface area (Å²) >= 11 is 0. The van der Waals surface area contributed by atoms with Gasteiger partial charge < -0.3 is 9.84 Å². The van der Waals surface area contributed by atoms with Crippen molar-refractivity contribution in [3.63, 3.8) is 0 Å². The van der Waals surface area contributed by atoms with Crippen molar-refractivity contribution < 1.29 is 19.4 Å². The van der Waals surface area contributed by atoms with Crippen LogP contribution in [0.3, 0.4) is 0 Å². The Hall–Kier alpha value is -2.44. The summed E-state index contributed by atoms with van der Waals surface area (Å²) in [7, 11) is 1.29. The first-order chi connectivity index (χ1) is 9.02. The summed E-state index contributed by atoms with van der Waals surface area (Å²) in [5.41, 5.74) is 1.64. The molecule has 1 unspecified atom stereocenters. The quantitative estimate of drug-likeness (QED) is 0.833. The van der Waals surface area contributed by atoms with E-state index in [0.717, 1.165) is 5.56 Å². The van der Waals surface area contributed by atoms with E-state index in [9.17, 15) is 9.59 Å².